The number of piperidine rings is 1. The fourth-order valence-corrected chi connectivity index (χ4v) is 3.79. The van der Waals surface area contributed by atoms with Crippen LogP contribution in [0.5, 0.6) is 0 Å². The van der Waals surface area contributed by atoms with E-state index in [1.807, 2.05) is 43.5 Å². The van der Waals surface area contributed by atoms with Crippen molar-refractivity contribution in [1.82, 2.24) is 20.1 Å². The Hall–Kier alpha value is -2.24. The van der Waals surface area contributed by atoms with Gasteiger partial charge in [-0.25, -0.2) is 0 Å². The normalized spacial score (nSPS) is 18.2. The SMILES string of the molecule is Cc1nccc2c(-c3ccc(Cl)cc3)nnc(NC3CCCN(C)C3)c12. The molecular weight excluding hydrogens is 346 g/mol. The molecule has 1 aromatic carbocycles. The fraction of sp³-hybridized carbons (Fsp3) is 0.350. The highest BCUT2D eigenvalue weighted by Gasteiger charge is 2.20. The molecule has 0 aliphatic carbocycles. The second-order valence-electron chi connectivity index (χ2n) is 6.97. The predicted molar refractivity (Wildman–Crippen MR) is 107 cm³/mol. The zero-order valence-electron chi connectivity index (χ0n) is 15.0. The topological polar surface area (TPSA) is 53.9 Å². The summed E-state index contributed by atoms with van der Waals surface area (Å²) in [6.45, 7) is 4.19. The molecule has 0 saturated carbocycles. The highest BCUT2D eigenvalue weighted by atomic mass is 35.5. The van der Waals surface area contributed by atoms with Gasteiger partial charge in [0.1, 0.15) is 5.69 Å². The van der Waals surface area contributed by atoms with Crippen LogP contribution < -0.4 is 5.32 Å². The Labute approximate surface area is 158 Å². The third-order valence-electron chi connectivity index (χ3n) is 4.97. The van der Waals surface area contributed by atoms with E-state index in [0.717, 1.165) is 53.1 Å². The maximum atomic E-state index is 6.03. The minimum atomic E-state index is 0.382. The quantitative estimate of drug-likeness (QED) is 0.753. The van der Waals surface area contributed by atoms with E-state index < -0.39 is 0 Å². The summed E-state index contributed by atoms with van der Waals surface area (Å²) < 4.78 is 0. The lowest BCUT2D eigenvalue weighted by atomic mass is 10.0. The molecule has 6 heteroatoms. The molecule has 134 valence electrons. The Morgan fingerprint density at radius 3 is 2.73 bits per heavy atom. The van der Waals surface area contributed by atoms with Crippen molar-refractivity contribution in [2.45, 2.75) is 25.8 Å². The first-order valence-electron chi connectivity index (χ1n) is 8.95. The number of benzene rings is 1. The molecule has 4 rings (SSSR count). The number of hydrogen-bond donors (Lipinski definition) is 1. The van der Waals surface area contributed by atoms with Gasteiger partial charge in [0.15, 0.2) is 5.82 Å². The first-order chi connectivity index (χ1) is 12.6. The number of aromatic nitrogens is 3. The van der Waals surface area contributed by atoms with Gasteiger partial charge in [0, 0.05) is 45.8 Å². The van der Waals surface area contributed by atoms with E-state index in [0.29, 0.717) is 11.1 Å². The summed E-state index contributed by atoms with van der Waals surface area (Å²) in [5.41, 5.74) is 2.81. The first kappa shape index (κ1) is 17.2. The van der Waals surface area contributed by atoms with Gasteiger partial charge in [-0.1, -0.05) is 23.7 Å². The highest BCUT2D eigenvalue weighted by Crippen LogP contribution is 2.32. The average molecular weight is 368 g/mol. The molecule has 2 aromatic heterocycles. The second kappa shape index (κ2) is 7.17. The maximum Gasteiger partial charge on any atom is 0.158 e. The molecule has 0 spiro atoms. The molecular formula is C20H22ClN5. The van der Waals surface area contributed by atoms with Crippen LogP contribution >= 0.6 is 11.6 Å². The Kier molecular flexibility index (Phi) is 4.74. The van der Waals surface area contributed by atoms with Gasteiger partial charge in [0.25, 0.3) is 0 Å². The molecule has 1 unspecified atom stereocenters. The highest BCUT2D eigenvalue weighted by molar-refractivity contribution is 6.30. The zero-order chi connectivity index (χ0) is 18.1. The number of hydrogen-bond acceptors (Lipinski definition) is 5. The van der Waals surface area contributed by atoms with Crippen LogP contribution in [-0.4, -0.2) is 46.3 Å². The number of pyridine rings is 1. The van der Waals surface area contributed by atoms with E-state index in [2.05, 4.69) is 32.4 Å². The predicted octanol–water partition coefficient (Wildman–Crippen LogP) is 4.16. The van der Waals surface area contributed by atoms with Crippen molar-refractivity contribution in [1.29, 1.82) is 0 Å². The van der Waals surface area contributed by atoms with E-state index in [1.165, 1.54) is 6.42 Å². The lowest BCUT2D eigenvalue weighted by Gasteiger charge is -2.30. The molecule has 1 aliphatic heterocycles. The Balaban J connectivity index is 1.78. The number of halogens is 1. The van der Waals surface area contributed by atoms with Crippen LogP contribution in [0.2, 0.25) is 5.02 Å². The van der Waals surface area contributed by atoms with Crippen molar-refractivity contribution in [2.24, 2.45) is 0 Å². The van der Waals surface area contributed by atoms with Crippen molar-refractivity contribution in [3.8, 4) is 11.3 Å². The monoisotopic (exact) mass is 367 g/mol. The van der Waals surface area contributed by atoms with Crippen molar-refractivity contribution in [3.63, 3.8) is 0 Å². The van der Waals surface area contributed by atoms with Crippen LogP contribution in [0.15, 0.2) is 36.5 Å². The molecule has 0 amide bonds. The number of likely N-dealkylation sites (tertiary alicyclic amines) is 1. The van der Waals surface area contributed by atoms with Gasteiger partial charge in [0.2, 0.25) is 0 Å². The largest absolute Gasteiger partial charge is 0.364 e. The summed E-state index contributed by atoms with van der Waals surface area (Å²) >= 11 is 6.03. The maximum absolute atomic E-state index is 6.03. The van der Waals surface area contributed by atoms with Crippen LogP contribution in [0.25, 0.3) is 22.0 Å². The standard InChI is InChI=1S/C20H22ClN5/c1-13-18-17(9-10-22-13)19(14-5-7-15(21)8-6-14)24-25-20(18)23-16-4-3-11-26(2)12-16/h5-10,16H,3-4,11-12H2,1-2H3,(H,23,25). The Morgan fingerprint density at radius 2 is 1.96 bits per heavy atom. The number of nitrogens with one attached hydrogen (secondary N) is 1. The summed E-state index contributed by atoms with van der Waals surface area (Å²) in [7, 11) is 2.16. The van der Waals surface area contributed by atoms with E-state index in [1.54, 1.807) is 0 Å². The van der Waals surface area contributed by atoms with Crippen LogP contribution in [0, 0.1) is 6.92 Å². The number of fused-ring (bicyclic) bond motifs is 1. The number of likely N-dealkylation sites (N-methyl/N-ethyl adjacent to an activating group) is 1. The first-order valence-corrected chi connectivity index (χ1v) is 9.32. The van der Waals surface area contributed by atoms with E-state index >= 15 is 0 Å². The number of anilines is 1. The molecule has 1 saturated heterocycles. The third kappa shape index (κ3) is 3.37. The van der Waals surface area contributed by atoms with E-state index in [4.69, 9.17) is 11.6 Å². The van der Waals surface area contributed by atoms with Gasteiger partial charge in [-0.3, -0.25) is 4.98 Å². The van der Waals surface area contributed by atoms with E-state index in [9.17, 15) is 0 Å². The summed E-state index contributed by atoms with van der Waals surface area (Å²) in [5.74, 6) is 0.823. The number of aryl methyl sites for hydroxylation is 1. The van der Waals surface area contributed by atoms with Crippen molar-refractivity contribution < 1.29 is 0 Å². The Morgan fingerprint density at radius 1 is 1.15 bits per heavy atom. The molecule has 1 aliphatic rings. The molecule has 5 nitrogen and oxygen atoms in total. The molecule has 1 N–H and O–H groups in total. The molecule has 1 fully saturated rings. The van der Waals surface area contributed by atoms with Gasteiger partial charge in [-0.15, -0.1) is 10.2 Å². The summed E-state index contributed by atoms with van der Waals surface area (Å²) in [6.07, 6.45) is 4.17. The number of rotatable bonds is 3. The molecule has 3 aromatic rings. The zero-order valence-corrected chi connectivity index (χ0v) is 15.8. The fourth-order valence-electron chi connectivity index (χ4n) is 3.67. The number of nitrogens with zero attached hydrogens (tertiary/aromatic N) is 4. The van der Waals surface area contributed by atoms with Crippen LogP contribution in [0.1, 0.15) is 18.5 Å². The van der Waals surface area contributed by atoms with Crippen LogP contribution in [-0.2, 0) is 0 Å². The third-order valence-corrected chi connectivity index (χ3v) is 5.22. The van der Waals surface area contributed by atoms with E-state index in [-0.39, 0.29) is 0 Å². The summed E-state index contributed by atoms with van der Waals surface area (Å²) in [5, 5.41) is 15.5. The minimum Gasteiger partial charge on any atom is -0.364 e. The molecule has 26 heavy (non-hydrogen) atoms. The minimum absolute atomic E-state index is 0.382. The molecule has 0 bridgehead atoms. The lowest BCUT2D eigenvalue weighted by Crippen LogP contribution is -2.40. The van der Waals surface area contributed by atoms with Crippen LogP contribution in [0.3, 0.4) is 0 Å². The smallest absolute Gasteiger partial charge is 0.158 e. The van der Waals surface area contributed by atoms with Gasteiger partial charge < -0.3 is 10.2 Å². The lowest BCUT2D eigenvalue weighted by molar-refractivity contribution is 0.261. The molecule has 1 atom stereocenters. The average Bonchev–Trinajstić information content (AvgIpc) is 2.63. The van der Waals surface area contributed by atoms with Crippen LogP contribution in [0.4, 0.5) is 5.82 Å². The molecule has 0 radical (unpaired) electrons. The van der Waals surface area contributed by atoms with Gasteiger partial charge in [-0.05, 0) is 51.6 Å². The van der Waals surface area contributed by atoms with Gasteiger partial charge >= 0.3 is 0 Å². The Bertz CT molecular complexity index is 925. The van der Waals surface area contributed by atoms with Crippen molar-refractivity contribution in [3.05, 3.63) is 47.2 Å². The molecule has 3 heterocycles. The van der Waals surface area contributed by atoms with Crippen molar-refractivity contribution in [2.75, 3.05) is 25.5 Å². The van der Waals surface area contributed by atoms with Gasteiger partial charge in [0.05, 0.1) is 0 Å². The summed E-state index contributed by atoms with van der Waals surface area (Å²) in [4.78, 5) is 6.84. The second-order valence-corrected chi connectivity index (χ2v) is 7.41. The van der Waals surface area contributed by atoms with Crippen molar-refractivity contribution >= 4 is 28.2 Å². The summed E-state index contributed by atoms with van der Waals surface area (Å²) in [6, 6.07) is 10.1. The van der Waals surface area contributed by atoms with Gasteiger partial charge in [-0.2, -0.15) is 0 Å².